The van der Waals surface area contributed by atoms with Crippen LogP contribution in [0.1, 0.15) is 91.0 Å². The molecule has 0 saturated heterocycles. The molecule has 2 amide bonds. The molecule has 4 rings (SSSR count). The first-order valence-electron chi connectivity index (χ1n) is 16.0. The number of unbranched alkanes of at least 4 members (excludes halogenated alkanes) is 4. The van der Waals surface area contributed by atoms with Crippen molar-refractivity contribution in [3.8, 4) is 5.75 Å². The smallest absolute Gasteiger partial charge is 0.326 e. The normalized spacial score (nSPS) is 13.5. The minimum absolute atomic E-state index is 0.0935. The van der Waals surface area contributed by atoms with Crippen molar-refractivity contribution in [2.24, 2.45) is 5.92 Å². The molecule has 45 heavy (non-hydrogen) atoms. The molecular weight excluding hydrogens is 566 g/mol. The number of hydrogen-bond donors (Lipinski definition) is 4. The molecule has 0 spiro atoms. The summed E-state index contributed by atoms with van der Waals surface area (Å²) in [6.45, 7) is 7.02. The third-order valence-corrected chi connectivity index (χ3v) is 8.19. The van der Waals surface area contributed by atoms with Crippen LogP contribution in [0.3, 0.4) is 0 Å². The average Bonchev–Trinajstić information content (AvgIpc) is 3.59. The summed E-state index contributed by atoms with van der Waals surface area (Å²) in [5.41, 5.74) is 4.01. The highest BCUT2D eigenvalue weighted by molar-refractivity contribution is 6.04. The molecule has 1 aliphatic rings. The minimum atomic E-state index is -1.13. The molecule has 0 radical (unpaired) electrons. The molecule has 3 aromatic rings. The third-order valence-electron chi connectivity index (χ3n) is 8.19. The number of carboxylic acids is 1. The number of allylic oxidation sites excluding steroid dienone is 1. The van der Waals surface area contributed by atoms with Gasteiger partial charge in [-0.3, -0.25) is 9.59 Å². The Hall–Kier alpha value is -4.59. The molecule has 0 bridgehead atoms. The van der Waals surface area contributed by atoms with Crippen molar-refractivity contribution in [2.75, 3.05) is 17.2 Å². The summed E-state index contributed by atoms with van der Waals surface area (Å²) in [4.78, 5) is 37.6. The average molecular weight is 612 g/mol. The van der Waals surface area contributed by atoms with E-state index in [1.165, 1.54) is 32.1 Å². The Balaban J connectivity index is 1.24. The van der Waals surface area contributed by atoms with Crippen molar-refractivity contribution in [2.45, 2.75) is 77.2 Å². The van der Waals surface area contributed by atoms with Crippen molar-refractivity contribution in [1.29, 1.82) is 0 Å². The second-order valence-electron chi connectivity index (χ2n) is 11.7. The molecule has 0 aromatic heterocycles. The number of amides is 2. The summed E-state index contributed by atoms with van der Waals surface area (Å²) in [6, 6.07) is 19.8. The van der Waals surface area contributed by atoms with Gasteiger partial charge in [0.05, 0.1) is 6.61 Å². The maximum Gasteiger partial charge on any atom is 0.326 e. The summed E-state index contributed by atoms with van der Waals surface area (Å²) < 4.78 is 5.78. The lowest BCUT2D eigenvalue weighted by molar-refractivity contribution is -0.139. The van der Waals surface area contributed by atoms with Gasteiger partial charge in [0.15, 0.2) is 0 Å². The second-order valence-corrected chi connectivity index (χ2v) is 11.7. The zero-order chi connectivity index (χ0) is 32.0. The maximum absolute atomic E-state index is 12.9. The van der Waals surface area contributed by atoms with Crippen LogP contribution in [-0.2, 0) is 11.2 Å². The van der Waals surface area contributed by atoms with E-state index in [0.717, 1.165) is 42.8 Å². The van der Waals surface area contributed by atoms with Gasteiger partial charge >= 0.3 is 5.97 Å². The topological polar surface area (TPSA) is 117 Å². The first kappa shape index (κ1) is 33.3. The summed E-state index contributed by atoms with van der Waals surface area (Å²) in [5, 5.41) is 18.6. The van der Waals surface area contributed by atoms with Crippen LogP contribution < -0.4 is 20.7 Å². The lowest BCUT2D eigenvalue weighted by atomic mass is 10.0. The van der Waals surface area contributed by atoms with Gasteiger partial charge in [0.1, 0.15) is 11.8 Å². The molecular formula is C37H45N3O5. The van der Waals surface area contributed by atoms with Gasteiger partial charge in [-0.25, -0.2) is 4.79 Å². The minimum Gasteiger partial charge on any atom is -0.494 e. The molecule has 3 aromatic carbocycles. The number of ether oxygens (including phenoxy) is 1. The number of nitrogens with one attached hydrogen (secondary N) is 3. The number of aliphatic carboxylic acids is 1. The Morgan fingerprint density at radius 3 is 2.02 bits per heavy atom. The molecule has 1 saturated carbocycles. The van der Waals surface area contributed by atoms with E-state index in [2.05, 4.69) is 29.5 Å². The fourth-order valence-corrected chi connectivity index (χ4v) is 5.47. The maximum atomic E-state index is 12.9. The summed E-state index contributed by atoms with van der Waals surface area (Å²) in [5.74, 6) is -0.636. The van der Waals surface area contributed by atoms with E-state index in [4.69, 9.17) is 4.74 Å². The van der Waals surface area contributed by atoms with Crippen LogP contribution in [0.5, 0.6) is 5.75 Å². The van der Waals surface area contributed by atoms with E-state index >= 15 is 0 Å². The molecule has 8 heteroatoms. The molecule has 8 nitrogen and oxygen atoms in total. The fraction of sp³-hybridized carbons (Fsp3) is 0.378. The van der Waals surface area contributed by atoms with Gasteiger partial charge in [-0.15, -0.1) is 0 Å². The largest absolute Gasteiger partial charge is 0.494 e. The standard InChI is InChI=1S/C37H45N3O5/c1-3-4-5-6-9-24-45-33-22-16-30(17-23-33)35(41)39-32-18-12-27(13-19-32)25-34(37(43)44)40-36(42)29-14-20-31(21-15-29)38-26(2)28-10-7-8-11-28/h12-23,28,34,38H,2-11,24-25H2,1H3,(H,39,41)(H,40,42)(H,43,44)/t34-/m0/s1. The van der Waals surface area contributed by atoms with Crippen LogP contribution in [0.2, 0.25) is 0 Å². The molecule has 0 aliphatic heterocycles. The summed E-state index contributed by atoms with van der Waals surface area (Å²) in [7, 11) is 0. The molecule has 0 heterocycles. The summed E-state index contributed by atoms with van der Waals surface area (Å²) in [6.07, 6.45) is 10.7. The molecule has 1 fully saturated rings. The molecule has 4 N–H and O–H groups in total. The van der Waals surface area contributed by atoms with Gasteiger partial charge in [0.25, 0.3) is 11.8 Å². The van der Waals surface area contributed by atoms with Gasteiger partial charge in [-0.05, 0) is 91.4 Å². The van der Waals surface area contributed by atoms with Gasteiger partial charge in [-0.2, -0.15) is 0 Å². The molecule has 1 atom stereocenters. The Labute approximate surface area is 266 Å². The number of carbonyl (C=O) groups is 3. The van der Waals surface area contributed by atoms with Crippen LogP contribution >= 0.6 is 0 Å². The Bertz CT molecular complexity index is 1410. The van der Waals surface area contributed by atoms with E-state index in [1.807, 2.05) is 0 Å². The molecule has 238 valence electrons. The van der Waals surface area contributed by atoms with E-state index in [1.54, 1.807) is 72.8 Å². The Kier molecular flexibility index (Phi) is 12.6. The quantitative estimate of drug-likeness (QED) is 0.116. The van der Waals surface area contributed by atoms with Crippen LogP contribution in [0.4, 0.5) is 11.4 Å². The Morgan fingerprint density at radius 1 is 0.800 bits per heavy atom. The predicted octanol–water partition coefficient (Wildman–Crippen LogP) is 7.83. The SMILES string of the molecule is C=C(Nc1ccc(C(=O)N[C@@H](Cc2ccc(NC(=O)c3ccc(OCCCCCCC)cc3)cc2)C(=O)O)cc1)C1CCCC1. The van der Waals surface area contributed by atoms with Gasteiger partial charge in [0, 0.05) is 34.6 Å². The first-order chi connectivity index (χ1) is 21.8. The van der Waals surface area contributed by atoms with Gasteiger partial charge < -0.3 is 25.8 Å². The van der Waals surface area contributed by atoms with Crippen molar-refractivity contribution in [3.63, 3.8) is 0 Å². The second kappa shape index (κ2) is 17.0. The van der Waals surface area contributed by atoms with Crippen LogP contribution in [0, 0.1) is 5.92 Å². The highest BCUT2D eigenvalue weighted by atomic mass is 16.5. The first-order valence-corrected chi connectivity index (χ1v) is 16.0. The third kappa shape index (κ3) is 10.5. The zero-order valence-corrected chi connectivity index (χ0v) is 26.1. The van der Waals surface area contributed by atoms with E-state index in [-0.39, 0.29) is 12.3 Å². The van der Waals surface area contributed by atoms with Crippen LogP contribution in [-0.4, -0.2) is 35.5 Å². The van der Waals surface area contributed by atoms with E-state index < -0.39 is 17.9 Å². The number of benzene rings is 3. The highest BCUT2D eigenvalue weighted by Crippen LogP contribution is 2.30. The number of carboxylic acid groups (broad SMARTS) is 1. The lowest BCUT2D eigenvalue weighted by Gasteiger charge is -2.17. The van der Waals surface area contributed by atoms with Crippen molar-refractivity contribution in [3.05, 3.63) is 102 Å². The number of hydrogen-bond acceptors (Lipinski definition) is 5. The number of anilines is 2. The fourth-order valence-electron chi connectivity index (χ4n) is 5.47. The monoisotopic (exact) mass is 611 g/mol. The molecule has 1 aliphatic carbocycles. The van der Waals surface area contributed by atoms with Crippen molar-refractivity contribution < 1.29 is 24.2 Å². The number of rotatable bonds is 17. The van der Waals surface area contributed by atoms with Gasteiger partial charge in [0.2, 0.25) is 0 Å². The lowest BCUT2D eigenvalue weighted by Crippen LogP contribution is -2.42. The zero-order valence-electron chi connectivity index (χ0n) is 26.1. The van der Waals surface area contributed by atoms with E-state index in [0.29, 0.717) is 34.9 Å². The van der Waals surface area contributed by atoms with E-state index in [9.17, 15) is 19.5 Å². The molecule has 0 unspecified atom stereocenters. The predicted molar refractivity (Wildman–Crippen MR) is 179 cm³/mol. The van der Waals surface area contributed by atoms with Gasteiger partial charge in [-0.1, -0.05) is 64.2 Å². The van der Waals surface area contributed by atoms with Crippen molar-refractivity contribution >= 4 is 29.2 Å². The van der Waals surface area contributed by atoms with Crippen LogP contribution in [0.15, 0.2) is 85.1 Å². The van der Waals surface area contributed by atoms with Crippen LogP contribution in [0.25, 0.3) is 0 Å². The Morgan fingerprint density at radius 2 is 1.38 bits per heavy atom. The van der Waals surface area contributed by atoms with Crippen molar-refractivity contribution in [1.82, 2.24) is 5.32 Å². The number of carbonyl (C=O) groups excluding carboxylic acids is 2. The summed E-state index contributed by atoms with van der Waals surface area (Å²) >= 11 is 0. The highest BCUT2D eigenvalue weighted by Gasteiger charge is 2.22.